The number of nitrogens with zero attached hydrogens (tertiary/aromatic N) is 3. The Morgan fingerprint density at radius 3 is 2.74 bits per heavy atom. The van der Waals surface area contributed by atoms with Crippen LogP contribution in [0.3, 0.4) is 0 Å². The summed E-state index contributed by atoms with van der Waals surface area (Å²) < 4.78 is 7.37. The zero-order valence-corrected chi connectivity index (χ0v) is 12.1. The highest BCUT2D eigenvalue weighted by atomic mass is 16.3. The van der Waals surface area contributed by atoms with E-state index in [1.54, 1.807) is 4.68 Å². The van der Waals surface area contributed by atoms with Gasteiger partial charge in [0.25, 0.3) is 0 Å². The van der Waals surface area contributed by atoms with Crippen LogP contribution < -0.4 is 5.32 Å². The van der Waals surface area contributed by atoms with E-state index in [1.807, 2.05) is 27.1 Å². The molecule has 0 bridgehead atoms. The minimum absolute atomic E-state index is 0.231. The van der Waals surface area contributed by atoms with Crippen molar-refractivity contribution in [3.05, 3.63) is 35.0 Å². The molecule has 0 amide bonds. The van der Waals surface area contributed by atoms with E-state index < -0.39 is 0 Å². The lowest BCUT2D eigenvalue weighted by molar-refractivity contribution is 0.478. The van der Waals surface area contributed by atoms with Crippen LogP contribution in [-0.2, 0) is 13.5 Å². The molecule has 2 aromatic heterocycles. The zero-order valence-electron chi connectivity index (χ0n) is 12.1. The summed E-state index contributed by atoms with van der Waals surface area (Å²) in [6, 6.07) is 2.34. The predicted molar refractivity (Wildman–Crippen MR) is 73.9 cm³/mol. The van der Waals surface area contributed by atoms with Crippen LogP contribution in [0.2, 0.25) is 0 Å². The third-order valence-corrected chi connectivity index (χ3v) is 3.16. The number of hydrogen-bond donors (Lipinski definition) is 1. The molecule has 0 aliphatic heterocycles. The molecule has 1 unspecified atom stereocenters. The van der Waals surface area contributed by atoms with Crippen LogP contribution in [0.5, 0.6) is 0 Å². The molecule has 0 fully saturated rings. The molecule has 1 N–H and O–H groups in total. The predicted octanol–water partition coefficient (Wildman–Crippen LogP) is 2.31. The Hall–Kier alpha value is -1.62. The first-order valence-electron chi connectivity index (χ1n) is 6.75. The molecule has 2 heterocycles. The number of hydrogen-bond acceptors (Lipinski definition) is 4. The van der Waals surface area contributed by atoms with Gasteiger partial charge in [0.15, 0.2) is 0 Å². The van der Waals surface area contributed by atoms with Gasteiger partial charge in [-0.15, -0.1) is 5.10 Å². The molecule has 1 atom stereocenters. The normalized spacial score (nSPS) is 12.8. The molecule has 19 heavy (non-hydrogen) atoms. The fourth-order valence-corrected chi connectivity index (χ4v) is 2.31. The Morgan fingerprint density at radius 1 is 1.42 bits per heavy atom. The topological polar surface area (TPSA) is 55.9 Å². The molecule has 0 aliphatic carbocycles. The van der Waals surface area contributed by atoms with Crippen molar-refractivity contribution in [2.75, 3.05) is 6.54 Å². The quantitative estimate of drug-likeness (QED) is 0.868. The van der Waals surface area contributed by atoms with Crippen molar-refractivity contribution in [1.82, 2.24) is 20.3 Å². The van der Waals surface area contributed by atoms with Crippen molar-refractivity contribution in [3.8, 4) is 0 Å². The third kappa shape index (κ3) is 3.44. The second-order valence-corrected chi connectivity index (χ2v) is 4.96. The van der Waals surface area contributed by atoms with E-state index in [2.05, 4.69) is 28.6 Å². The highest BCUT2D eigenvalue weighted by Crippen LogP contribution is 2.24. The van der Waals surface area contributed by atoms with Gasteiger partial charge in [-0.2, -0.15) is 0 Å². The number of aryl methyl sites for hydroxylation is 3. The summed E-state index contributed by atoms with van der Waals surface area (Å²) in [5.41, 5.74) is 2.21. The lowest BCUT2D eigenvalue weighted by Crippen LogP contribution is -2.24. The van der Waals surface area contributed by atoms with Crippen LogP contribution in [0.15, 0.2) is 16.7 Å². The van der Waals surface area contributed by atoms with Crippen molar-refractivity contribution in [1.29, 1.82) is 0 Å². The Labute approximate surface area is 114 Å². The van der Waals surface area contributed by atoms with Gasteiger partial charge in [-0.3, -0.25) is 4.68 Å². The second kappa shape index (κ2) is 6.02. The number of aromatic nitrogens is 3. The smallest absolute Gasteiger partial charge is 0.105 e. The fourth-order valence-electron chi connectivity index (χ4n) is 2.31. The zero-order chi connectivity index (χ0) is 13.8. The summed E-state index contributed by atoms with van der Waals surface area (Å²) in [6.07, 6.45) is 3.89. The molecule has 0 saturated carbocycles. The summed E-state index contributed by atoms with van der Waals surface area (Å²) in [5.74, 6) is 1.94. The molecule has 5 nitrogen and oxygen atoms in total. The van der Waals surface area contributed by atoms with Gasteiger partial charge < -0.3 is 9.73 Å². The van der Waals surface area contributed by atoms with Gasteiger partial charge in [-0.1, -0.05) is 12.1 Å². The highest BCUT2D eigenvalue weighted by molar-refractivity contribution is 5.25. The summed E-state index contributed by atoms with van der Waals surface area (Å²) >= 11 is 0. The van der Waals surface area contributed by atoms with Crippen molar-refractivity contribution < 1.29 is 4.42 Å². The van der Waals surface area contributed by atoms with Crippen molar-refractivity contribution in [2.24, 2.45) is 7.05 Å². The largest absolute Gasteiger partial charge is 0.466 e. The minimum Gasteiger partial charge on any atom is -0.466 e. The van der Waals surface area contributed by atoms with E-state index in [9.17, 15) is 0 Å². The van der Waals surface area contributed by atoms with E-state index >= 15 is 0 Å². The molecule has 0 aliphatic rings. The van der Waals surface area contributed by atoms with E-state index in [1.165, 1.54) is 5.56 Å². The Balaban J connectivity index is 2.18. The maximum Gasteiger partial charge on any atom is 0.105 e. The number of rotatable bonds is 6. The fraction of sp³-hybridized carbons (Fsp3) is 0.571. The minimum atomic E-state index is 0.231. The van der Waals surface area contributed by atoms with E-state index in [0.717, 1.165) is 36.6 Å². The first kappa shape index (κ1) is 13.8. The third-order valence-electron chi connectivity index (χ3n) is 3.16. The first-order chi connectivity index (χ1) is 9.10. The monoisotopic (exact) mass is 262 g/mol. The summed E-state index contributed by atoms with van der Waals surface area (Å²) in [7, 11) is 1.89. The molecule has 2 aromatic rings. The molecular weight excluding hydrogens is 240 g/mol. The Kier molecular flexibility index (Phi) is 4.37. The van der Waals surface area contributed by atoms with Crippen molar-refractivity contribution in [3.63, 3.8) is 0 Å². The Bertz CT molecular complexity index is 529. The van der Waals surface area contributed by atoms with Crippen LogP contribution >= 0.6 is 0 Å². The average molecular weight is 262 g/mol. The number of furan rings is 1. The standard InChI is InChI=1S/C14H22N4O/c1-5-6-15-14(8-12-9-18(4)17-16-12)13-7-10(2)19-11(13)3/h7,9,14-15H,5-6,8H2,1-4H3. The van der Waals surface area contributed by atoms with Crippen LogP contribution in [0.1, 0.15) is 42.2 Å². The molecule has 5 heteroatoms. The molecule has 0 spiro atoms. The molecule has 0 saturated heterocycles. The van der Waals surface area contributed by atoms with Crippen LogP contribution in [0.25, 0.3) is 0 Å². The summed E-state index contributed by atoms with van der Waals surface area (Å²) in [4.78, 5) is 0. The van der Waals surface area contributed by atoms with Gasteiger partial charge in [0, 0.05) is 31.3 Å². The molecule has 0 aromatic carbocycles. The SMILES string of the molecule is CCCNC(Cc1cn(C)nn1)c1cc(C)oc1C. The molecule has 0 radical (unpaired) electrons. The first-order valence-corrected chi connectivity index (χ1v) is 6.75. The second-order valence-electron chi connectivity index (χ2n) is 4.96. The summed E-state index contributed by atoms with van der Waals surface area (Å²) in [6.45, 7) is 7.14. The van der Waals surface area contributed by atoms with Gasteiger partial charge in [0.1, 0.15) is 11.5 Å². The van der Waals surface area contributed by atoms with E-state index in [4.69, 9.17) is 4.42 Å². The lowest BCUT2D eigenvalue weighted by atomic mass is 10.0. The van der Waals surface area contributed by atoms with Crippen molar-refractivity contribution in [2.45, 2.75) is 39.7 Å². The van der Waals surface area contributed by atoms with Crippen LogP contribution in [-0.4, -0.2) is 21.5 Å². The lowest BCUT2D eigenvalue weighted by Gasteiger charge is -2.16. The van der Waals surface area contributed by atoms with Gasteiger partial charge in [-0.05, 0) is 32.9 Å². The number of nitrogens with one attached hydrogen (secondary N) is 1. The highest BCUT2D eigenvalue weighted by Gasteiger charge is 2.18. The van der Waals surface area contributed by atoms with Gasteiger partial charge in [0.2, 0.25) is 0 Å². The van der Waals surface area contributed by atoms with Gasteiger partial charge >= 0.3 is 0 Å². The van der Waals surface area contributed by atoms with Crippen molar-refractivity contribution >= 4 is 0 Å². The molecule has 2 rings (SSSR count). The Morgan fingerprint density at radius 2 is 2.21 bits per heavy atom. The van der Waals surface area contributed by atoms with Crippen LogP contribution in [0, 0.1) is 13.8 Å². The van der Waals surface area contributed by atoms with Crippen LogP contribution in [0.4, 0.5) is 0 Å². The average Bonchev–Trinajstić information content (AvgIpc) is 2.91. The maximum atomic E-state index is 5.64. The van der Waals surface area contributed by atoms with E-state index in [-0.39, 0.29) is 6.04 Å². The summed E-state index contributed by atoms with van der Waals surface area (Å²) in [5, 5.41) is 11.7. The molecular formula is C14H22N4O. The maximum absolute atomic E-state index is 5.64. The van der Waals surface area contributed by atoms with Gasteiger partial charge in [0.05, 0.1) is 5.69 Å². The van der Waals surface area contributed by atoms with Gasteiger partial charge in [-0.25, -0.2) is 0 Å². The molecule has 104 valence electrons. The van der Waals surface area contributed by atoms with E-state index in [0.29, 0.717) is 0 Å².